The third kappa shape index (κ3) is 5.44. The van der Waals surface area contributed by atoms with Crippen LogP contribution in [0.15, 0.2) is 24.3 Å². The SMILES string of the molecule is O=C(NC1CCCCC1)C1CCN(CC(O)c2ccc(Cl)cc2)CC1. The molecule has 1 aliphatic heterocycles. The maximum absolute atomic E-state index is 12.5. The lowest BCUT2D eigenvalue weighted by atomic mass is 9.92. The second kappa shape index (κ2) is 9.02. The van der Waals surface area contributed by atoms with Crippen molar-refractivity contribution in [1.29, 1.82) is 0 Å². The first-order valence-corrected chi connectivity index (χ1v) is 9.96. The predicted molar refractivity (Wildman–Crippen MR) is 101 cm³/mol. The van der Waals surface area contributed by atoms with Gasteiger partial charge in [-0.05, 0) is 56.5 Å². The van der Waals surface area contributed by atoms with Gasteiger partial charge in [-0.15, -0.1) is 0 Å². The van der Waals surface area contributed by atoms with Gasteiger partial charge in [-0.25, -0.2) is 0 Å². The highest BCUT2D eigenvalue weighted by atomic mass is 35.5. The van der Waals surface area contributed by atoms with Crippen molar-refractivity contribution in [3.63, 3.8) is 0 Å². The van der Waals surface area contributed by atoms with Crippen LogP contribution >= 0.6 is 11.6 Å². The lowest BCUT2D eigenvalue weighted by Crippen LogP contribution is -2.45. The van der Waals surface area contributed by atoms with Crippen molar-refractivity contribution in [3.8, 4) is 0 Å². The molecule has 1 unspecified atom stereocenters. The van der Waals surface area contributed by atoms with Crippen molar-refractivity contribution in [2.24, 2.45) is 5.92 Å². The molecule has 1 saturated heterocycles. The number of nitrogens with one attached hydrogen (secondary N) is 1. The molecule has 1 aliphatic carbocycles. The Hall–Kier alpha value is -1.10. The number of β-amino-alcohol motifs (C(OH)–C–C–N with tert-alkyl or cyclic N) is 1. The molecular weight excluding hydrogens is 336 g/mol. The summed E-state index contributed by atoms with van der Waals surface area (Å²) in [7, 11) is 0. The Labute approximate surface area is 155 Å². The van der Waals surface area contributed by atoms with Crippen LogP contribution in [0.5, 0.6) is 0 Å². The van der Waals surface area contributed by atoms with Crippen molar-refractivity contribution in [1.82, 2.24) is 10.2 Å². The van der Waals surface area contributed by atoms with Crippen molar-refractivity contribution < 1.29 is 9.90 Å². The van der Waals surface area contributed by atoms with Gasteiger partial charge in [0.1, 0.15) is 0 Å². The molecule has 2 fully saturated rings. The second-order valence-electron chi connectivity index (χ2n) is 7.49. The molecule has 25 heavy (non-hydrogen) atoms. The van der Waals surface area contributed by atoms with Gasteiger partial charge in [0, 0.05) is 23.5 Å². The van der Waals surface area contributed by atoms with Crippen molar-refractivity contribution in [2.45, 2.75) is 57.1 Å². The molecule has 1 atom stereocenters. The quantitative estimate of drug-likeness (QED) is 0.840. The molecule has 138 valence electrons. The molecule has 1 aromatic carbocycles. The smallest absolute Gasteiger partial charge is 0.223 e. The number of carbonyl (C=O) groups is 1. The molecular formula is C20H29ClN2O2. The van der Waals surface area contributed by atoms with Crippen LogP contribution in [0.25, 0.3) is 0 Å². The van der Waals surface area contributed by atoms with Gasteiger partial charge in [0.2, 0.25) is 5.91 Å². The maximum Gasteiger partial charge on any atom is 0.223 e. The molecule has 2 N–H and O–H groups in total. The normalized spacial score (nSPS) is 21.8. The van der Waals surface area contributed by atoms with E-state index in [0.717, 1.165) is 44.3 Å². The number of likely N-dealkylation sites (tertiary alicyclic amines) is 1. The Morgan fingerprint density at radius 3 is 2.40 bits per heavy atom. The van der Waals surface area contributed by atoms with E-state index in [1.54, 1.807) is 0 Å². The number of hydrogen-bond acceptors (Lipinski definition) is 3. The molecule has 2 aliphatic rings. The summed E-state index contributed by atoms with van der Waals surface area (Å²) in [4.78, 5) is 14.7. The highest BCUT2D eigenvalue weighted by Crippen LogP contribution is 2.23. The second-order valence-corrected chi connectivity index (χ2v) is 7.92. The number of aliphatic hydroxyl groups excluding tert-OH is 1. The summed E-state index contributed by atoms with van der Waals surface area (Å²) in [5.41, 5.74) is 0.890. The van der Waals surface area contributed by atoms with Crippen molar-refractivity contribution >= 4 is 17.5 Å². The van der Waals surface area contributed by atoms with E-state index in [0.29, 0.717) is 17.6 Å². The first-order chi connectivity index (χ1) is 12.1. The Morgan fingerprint density at radius 1 is 1.12 bits per heavy atom. The van der Waals surface area contributed by atoms with Crippen LogP contribution in [0.3, 0.4) is 0 Å². The summed E-state index contributed by atoms with van der Waals surface area (Å²) in [6.45, 7) is 2.35. The van der Waals surface area contributed by atoms with Gasteiger partial charge in [0.25, 0.3) is 0 Å². The molecule has 0 spiro atoms. The van der Waals surface area contributed by atoms with Crippen LogP contribution in [0.2, 0.25) is 5.02 Å². The maximum atomic E-state index is 12.5. The standard InChI is InChI=1S/C20H29ClN2O2/c21-17-8-6-15(7-9-17)19(24)14-23-12-10-16(11-13-23)20(25)22-18-4-2-1-3-5-18/h6-9,16,18-19,24H,1-5,10-14H2,(H,22,25). The number of amides is 1. The number of aliphatic hydroxyl groups is 1. The predicted octanol–water partition coefficient (Wildman–Crippen LogP) is 3.53. The van der Waals surface area contributed by atoms with Crippen LogP contribution in [0, 0.1) is 5.92 Å². The zero-order valence-electron chi connectivity index (χ0n) is 14.8. The third-order valence-electron chi connectivity index (χ3n) is 5.60. The van der Waals surface area contributed by atoms with Crippen LogP contribution in [-0.2, 0) is 4.79 Å². The number of halogens is 1. The highest BCUT2D eigenvalue weighted by Gasteiger charge is 2.27. The van der Waals surface area contributed by atoms with Gasteiger partial charge in [0.05, 0.1) is 6.10 Å². The molecule has 1 amide bonds. The van der Waals surface area contributed by atoms with E-state index >= 15 is 0 Å². The first-order valence-electron chi connectivity index (χ1n) is 9.58. The van der Waals surface area contributed by atoms with Crippen LogP contribution in [0.1, 0.15) is 56.6 Å². The fourth-order valence-electron chi connectivity index (χ4n) is 3.98. The Balaban J connectivity index is 1.41. The summed E-state index contributed by atoms with van der Waals surface area (Å²) in [6, 6.07) is 7.75. The van der Waals surface area contributed by atoms with E-state index in [1.807, 2.05) is 24.3 Å². The summed E-state index contributed by atoms with van der Waals surface area (Å²) in [5, 5.41) is 14.3. The fraction of sp³-hybridized carbons (Fsp3) is 0.650. The molecule has 0 bridgehead atoms. The van der Waals surface area contributed by atoms with E-state index in [-0.39, 0.29) is 11.8 Å². The number of benzene rings is 1. The minimum absolute atomic E-state index is 0.130. The Kier molecular flexibility index (Phi) is 6.74. The third-order valence-corrected chi connectivity index (χ3v) is 5.85. The highest BCUT2D eigenvalue weighted by molar-refractivity contribution is 6.30. The zero-order chi connectivity index (χ0) is 17.6. The van der Waals surface area contributed by atoms with Gasteiger partial charge >= 0.3 is 0 Å². The molecule has 0 aromatic heterocycles. The van der Waals surface area contributed by atoms with Gasteiger partial charge < -0.3 is 15.3 Å². The monoisotopic (exact) mass is 364 g/mol. The Bertz CT molecular complexity index is 549. The topological polar surface area (TPSA) is 52.6 Å². The van der Waals surface area contributed by atoms with Gasteiger partial charge in [-0.1, -0.05) is 43.0 Å². The minimum atomic E-state index is -0.509. The molecule has 0 radical (unpaired) electrons. The van der Waals surface area contributed by atoms with E-state index in [2.05, 4.69) is 10.2 Å². The average Bonchev–Trinajstić information content (AvgIpc) is 2.63. The summed E-state index contributed by atoms with van der Waals surface area (Å²) in [5.74, 6) is 0.371. The molecule has 1 saturated carbocycles. The number of carbonyl (C=O) groups excluding carboxylic acids is 1. The first kappa shape index (κ1) is 18.7. The Morgan fingerprint density at radius 2 is 1.76 bits per heavy atom. The minimum Gasteiger partial charge on any atom is -0.387 e. The largest absolute Gasteiger partial charge is 0.387 e. The summed E-state index contributed by atoms with van der Waals surface area (Å²) >= 11 is 5.89. The number of hydrogen-bond donors (Lipinski definition) is 2. The van der Waals surface area contributed by atoms with Crippen LogP contribution in [0.4, 0.5) is 0 Å². The molecule has 1 aromatic rings. The van der Waals surface area contributed by atoms with Gasteiger partial charge in [-0.2, -0.15) is 0 Å². The number of piperidine rings is 1. The number of rotatable bonds is 5. The van der Waals surface area contributed by atoms with Crippen molar-refractivity contribution in [3.05, 3.63) is 34.9 Å². The fourth-order valence-corrected chi connectivity index (χ4v) is 4.10. The van der Waals surface area contributed by atoms with Gasteiger partial charge in [-0.3, -0.25) is 4.79 Å². The summed E-state index contributed by atoms with van der Waals surface area (Å²) < 4.78 is 0. The molecule has 1 heterocycles. The number of nitrogens with zero attached hydrogens (tertiary/aromatic N) is 1. The summed E-state index contributed by atoms with van der Waals surface area (Å²) in [6.07, 6.45) is 7.32. The molecule has 4 nitrogen and oxygen atoms in total. The average molecular weight is 365 g/mol. The lowest BCUT2D eigenvalue weighted by Gasteiger charge is -2.33. The van der Waals surface area contributed by atoms with Crippen LogP contribution < -0.4 is 5.32 Å². The van der Waals surface area contributed by atoms with E-state index < -0.39 is 6.10 Å². The lowest BCUT2D eigenvalue weighted by molar-refractivity contribution is -0.127. The van der Waals surface area contributed by atoms with E-state index in [9.17, 15) is 9.90 Å². The zero-order valence-corrected chi connectivity index (χ0v) is 15.5. The van der Waals surface area contributed by atoms with Crippen molar-refractivity contribution in [2.75, 3.05) is 19.6 Å². The molecule has 5 heteroatoms. The van der Waals surface area contributed by atoms with Gasteiger partial charge in [0.15, 0.2) is 0 Å². The molecule has 3 rings (SSSR count). The van der Waals surface area contributed by atoms with E-state index in [4.69, 9.17) is 11.6 Å². The van der Waals surface area contributed by atoms with E-state index in [1.165, 1.54) is 19.3 Å². The van der Waals surface area contributed by atoms with Crippen LogP contribution in [-0.4, -0.2) is 41.6 Å².